The summed E-state index contributed by atoms with van der Waals surface area (Å²) in [6, 6.07) is 0. The molecule has 0 aliphatic carbocycles. The van der Waals surface area contributed by atoms with E-state index in [-0.39, 0.29) is 12.0 Å². The van der Waals surface area contributed by atoms with Gasteiger partial charge in [0.1, 0.15) is 0 Å². The molecule has 0 spiro atoms. The molecule has 1 aliphatic rings. The molecule has 1 amide bonds. The average Bonchev–Trinajstić information content (AvgIpc) is 3.02. The summed E-state index contributed by atoms with van der Waals surface area (Å²) in [7, 11) is 0. The minimum atomic E-state index is -0.559. The van der Waals surface area contributed by atoms with Crippen molar-refractivity contribution < 1.29 is 9.53 Å². The minimum Gasteiger partial charge on any atom is -0.356 e. The molecule has 1 rings (SSSR count). The Kier molecular flexibility index (Phi) is 6.25. The lowest BCUT2D eigenvalue weighted by molar-refractivity contribution is -0.135. The molecular weight excluding hydrogens is 250 g/mol. The molecule has 3 nitrogen and oxygen atoms in total. The molecule has 0 aromatic carbocycles. The van der Waals surface area contributed by atoms with E-state index in [4.69, 9.17) is 4.74 Å². The van der Waals surface area contributed by atoms with Gasteiger partial charge >= 0.3 is 0 Å². The Bertz CT molecular complexity index is 356. The van der Waals surface area contributed by atoms with Crippen LogP contribution in [0.5, 0.6) is 0 Å². The summed E-state index contributed by atoms with van der Waals surface area (Å²) >= 11 is 0. The highest BCUT2D eigenvalue weighted by molar-refractivity contribution is 5.88. The summed E-state index contributed by atoms with van der Waals surface area (Å²) in [5.74, 6) is 0.755. The maximum atomic E-state index is 12.4. The van der Waals surface area contributed by atoms with Crippen LogP contribution in [0.2, 0.25) is 0 Å². The van der Waals surface area contributed by atoms with Crippen molar-refractivity contribution in [1.82, 2.24) is 4.90 Å². The zero-order chi connectivity index (χ0) is 15.3. The van der Waals surface area contributed by atoms with Crippen molar-refractivity contribution in [3.05, 3.63) is 11.6 Å². The van der Waals surface area contributed by atoms with Gasteiger partial charge in [0.05, 0.1) is 6.10 Å². The van der Waals surface area contributed by atoms with Gasteiger partial charge in [0.2, 0.25) is 0 Å². The fourth-order valence-electron chi connectivity index (χ4n) is 2.69. The van der Waals surface area contributed by atoms with Gasteiger partial charge in [0.15, 0.2) is 5.60 Å². The summed E-state index contributed by atoms with van der Waals surface area (Å²) in [6.07, 6.45) is 5.67. The third-order valence-electron chi connectivity index (χ3n) is 4.25. The van der Waals surface area contributed by atoms with Crippen molar-refractivity contribution in [3.8, 4) is 0 Å². The zero-order valence-electron chi connectivity index (χ0n) is 14.0. The van der Waals surface area contributed by atoms with E-state index in [9.17, 15) is 4.79 Å². The van der Waals surface area contributed by atoms with E-state index in [1.807, 2.05) is 25.7 Å². The summed E-state index contributed by atoms with van der Waals surface area (Å²) < 4.78 is 5.74. The van der Waals surface area contributed by atoms with Gasteiger partial charge in [-0.15, -0.1) is 0 Å². The van der Waals surface area contributed by atoms with Crippen LogP contribution in [0.4, 0.5) is 0 Å². The molecule has 0 radical (unpaired) electrons. The smallest absolute Gasteiger partial charge is 0.257 e. The molecule has 0 N–H and O–H groups in total. The van der Waals surface area contributed by atoms with E-state index in [1.54, 1.807) is 0 Å². The predicted octanol–water partition coefficient (Wildman–Crippen LogP) is 3.78. The Hall–Kier alpha value is -0.830. The lowest BCUT2D eigenvalue weighted by Gasteiger charge is -2.21. The van der Waals surface area contributed by atoms with Gasteiger partial charge in [0.25, 0.3) is 5.91 Å². The van der Waals surface area contributed by atoms with Crippen molar-refractivity contribution in [2.24, 2.45) is 5.92 Å². The van der Waals surface area contributed by atoms with E-state index in [2.05, 4.69) is 26.8 Å². The molecule has 0 aromatic rings. The minimum absolute atomic E-state index is 0.109. The molecule has 3 atom stereocenters. The molecule has 0 bridgehead atoms. The van der Waals surface area contributed by atoms with Crippen LogP contribution in [0, 0.1) is 5.92 Å². The summed E-state index contributed by atoms with van der Waals surface area (Å²) in [5.41, 5.74) is 0.818. The molecule has 1 heterocycles. The maximum absolute atomic E-state index is 12.4. The Labute approximate surface area is 124 Å². The fourth-order valence-corrected chi connectivity index (χ4v) is 2.69. The number of hydrogen-bond acceptors (Lipinski definition) is 2. The third kappa shape index (κ3) is 4.34. The first-order chi connectivity index (χ1) is 9.35. The molecule has 116 valence electrons. The second kappa shape index (κ2) is 7.26. The van der Waals surface area contributed by atoms with Crippen molar-refractivity contribution in [2.75, 3.05) is 13.1 Å². The number of carbonyl (C=O) groups is 1. The van der Waals surface area contributed by atoms with Crippen LogP contribution in [0.1, 0.15) is 60.8 Å². The largest absolute Gasteiger partial charge is 0.356 e. The first-order valence-corrected chi connectivity index (χ1v) is 7.95. The normalized spacial score (nSPS) is 26.0. The molecule has 1 saturated heterocycles. The SMILES string of the molecule is CCN(CC)C(=O)C1(C)OC1CC(C)CCC=C(C)C. The van der Waals surface area contributed by atoms with Gasteiger partial charge in [-0.25, -0.2) is 0 Å². The molecule has 0 saturated carbocycles. The summed E-state index contributed by atoms with van der Waals surface area (Å²) in [6.45, 7) is 14.0. The number of ether oxygens (including phenoxy) is 1. The molecule has 0 aromatic heterocycles. The Morgan fingerprint density at radius 3 is 2.45 bits per heavy atom. The number of allylic oxidation sites excluding steroid dienone is 2. The van der Waals surface area contributed by atoms with E-state index in [0.29, 0.717) is 5.92 Å². The monoisotopic (exact) mass is 281 g/mol. The van der Waals surface area contributed by atoms with Crippen molar-refractivity contribution in [1.29, 1.82) is 0 Å². The number of likely N-dealkylation sites (N-methyl/N-ethyl adjacent to an activating group) is 1. The van der Waals surface area contributed by atoms with Crippen molar-refractivity contribution >= 4 is 5.91 Å². The molecular formula is C17H31NO2. The Morgan fingerprint density at radius 1 is 1.35 bits per heavy atom. The second-order valence-electron chi connectivity index (χ2n) is 6.39. The summed E-state index contributed by atoms with van der Waals surface area (Å²) in [5, 5.41) is 0. The highest BCUT2D eigenvalue weighted by Gasteiger charge is 2.59. The first kappa shape index (κ1) is 17.2. The highest BCUT2D eigenvalue weighted by Crippen LogP contribution is 2.42. The molecule has 1 fully saturated rings. The van der Waals surface area contributed by atoms with Gasteiger partial charge in [0, 0.05) is 13.1 Å². The van der Waals surface area contributed by atoms with E-state index < -0.39 is 5.60 Å². The van der Waals surface area contributed by atoms with Gasteiger partial charge in [-0.05, 0) is 59.8 Å². The highest BCUT2D eigenvalue weighted by atomic mass is 16.6. The van der Waals surface area contributed by atoms with Gasteiger partial charge in [-0.2, -0.15) is 0 Å². The van der Waals surface area contributed by atoms with Crippen LogP contribution in [-0.2, 0) is 9.53 Å². The zero-order valence-corrected chi connectivity index (χ0v) is 14.0. The third-order valence-corrected chi connectivity index (χ3v) is 4.25. The van der Waals surface area contributed by atoms with Gasteiger partial charge in [-0.3, -0.25) is 4.79 Å². The predicted molar refractivity (Wildman–Crippen MR) is 83.7 cm³/mol. The van der Waals surface area contributed by atoms with Crippen LogP contribution in [-0.4, -0.2) is 35.6 Å². The fraction of sp³-hybridized carbons (Fsp3) is 0.824. The molecule has 3 heteroatoms. The number of carbonyl (C=O) groups excluding carboxylic acids is 1. The topological polar surface area (TPSA) is 32.8 Å². The number of amides is 1. The number of hydrogen-bond donors (Lipinski definition) is 0. The number of rotatable bonds is 8. The van der Waals surface area contributed by atoms with E-state index in [0.717, 1.165) is 25.9 Å². The lowest BCUT2D eigenvalue weighted by atomic mass is 9.93. The van der Waals surface area contributed by atoms with Gasteiger partial charge < -0.3 is 9.64 Å². The van der Waals surface area contributed by atoms with Gasteiger partial charge in [-0.1, -0.05) is 18.6 Å². The van der Waals surface area contributed by atoms with E-state index in [1.165, 1.54) is 12.0 Å². The Morgan fingerprint density at radius 2 is 1.95 bits per heavy atom. The second-order valence-corrected chi connectivity index (χ2v) is 6.39. The van der Waals surface area contributed by atoms with Crippen LogP contribution < -0.4 is 0 Å². The number of epoxide rings is 1. The van der Waals surface area contributed by atoms with Crippen LogP contribution >= 0.6 is 0 Å². The van der Waals surface area contributed by atoms with E-state index >= 15 is 0 Å². The number of nitrogens with zero attached hydrogens (tertiary/aromatic N) is 1. The summed E-state index contributed by atoms with van der Waals surface area (Å²) in [4.78, 5) is 14.2. The van der Waals surface area contributed by atoms with Crippen LogP contribution in [0.3, 0.4) is 0 Å². The average molecular weight is 281 g/mol. The lowest BCUT2D eigenvalue weighted by Crippen LogP contribution is -2.41. The van der Waals surface area contributed by atoms with Crippen LogP contribution in [0.15, 0.2) is 11.6 Å². The van der Waals surface area contributed by atoms with Crippen molar-refractivity contribution in [3.63, 3.8) is 0 Å². The first-order valence-electron chi connectivity index (χ1n) is 7.95. The maximum Gasteiger partial charge on any atom is 0.257 e. The van der Waals surface area contributed by atoms with Crippen molar-refractivity contribution in [2.45, 2.75) is 72.5 Å². The standard InChI is InChI=1S/C17H31NO2/c1-7-18(8-2)16(19)17(6)15(20-17)12-14(5)11-9-10-13(3)4/h10,14-15H,7-9,11-12H2,1-6H3. The Balaban J connectivity index is 2.41. The molecule has 20 heavy (non-hydrogen) atoms. The molecule has 3 unspecified atom stereocenters. The van der Waals surface area contributed by atoms with Crippen LogP contribution in [0.25, 0.3) is 0 Å². The molecule has 1 aliphatic heterocycles. The quantitative estimate of drug-likeness (QED) is 0.501.